The molecule has 1 aliphatic rings. The Morgan fingerprint density at radius 1 is 1.20 bits per heavy atom. The van der Waals surface area contributed by atoms with E-state index in [2.05, 4.69) is 38.0 Å². The number of hydrogen-bond acceptors (Lipinski definition) is 2. The standard InChI is InChI=1S/C13H28N2/c1-11(2)12(3)15(4)10-9-14-13-7-5-6-8-13/h11-14H,5-10H2,1-4H3. The number of likely N-dealkylation sites (N-methyl/N-ethyl adjacent to an activating group) is 1. The van der Waals surface area contributed by atoms with E-state index >= 15 is 0 Å². The monoisotopic (exact) mass is 212 g/mol. The predicted octanol–water partition coefficient (Wildman–Crippen LogP) is 2.49. The van der Waals surface area contributed by atoms with E-state index < -0.39 is 0 Å². The van der Waals surface area contributed by atoms with Crippen molar-refractivity contribution in [2.75, 3.05) is 20.1 Å². The summed E-state index contributed by atoms with van der Waals surface area (Å²) in [7, 11) is 2.24. The van der Waals surface area contributed by atoms with Crippen LogP contribution in [0.3, 0.4) is 0 Å². The highest BCUT2D eigenvalue weighted by Crippen LogP contribution is 2.17. The number of rotatable bonds is 6. The van der Waals surface area contributed by atoms with Gasteiger partial charge in [0.2, 0.25) is 0 Å². The van der Waals surface area contributed by atoms with Crippen LogP contribution in [0.1, 0.15) is 46.5 Å². The first kappa shape index (κ1) is 13.0. The lowest BCUT2D eigenvalue weighted by molar-refractivity contribution is 0.206. The Labute approximate surface area is 95.4 Å². The molecule has 0 aromatic heterocycles. The van der Waals surface area contributed by atoms with E-state index in [1.165, 1.54) is 32.2 Å². The predicted molar refractivity (Wildman–Crippen MR) is 67.2 cm³/mol. The highest BCUT2D eigenvalue weighted by atomic mass is 15.1. The van der Waals surface area contributed by atoms with Gasteiger partial charge < -0.3 is 10.2 Å². The second kappa shape index (κ2) is 6.49. The lowest BCUT2D eigenvalue weighted by atomic mass is 10.1. The smallest absolute Gasteiger partial charge is 0.0107 e. The Bertz CT molecular complexity index is 162. The van der Waals surface area contributed by atoms with E-state index in [9.17, 15) is 0 Å². The van der Waals surface area contributed by atoms with Crippen molar-refractivity contribution in [1.82, 2.24) is 10.2 Å². The maximum atomic E-state index is 3.66. The first-order valence-corrected chi connectivity index (χ1v) is 6.55. The fraction of sp³-hybridized carbons (Fsp3) is 1.00. The molecule has 90 valence electrons. The molecule has 1 unspecified atom stereocenters. The van der Waals surface area contributed by atoms with Crippen LogP contribution in [0.25, 0.3) is 0 Å². The topological polar surface area (TPSA) is 15.3 Å². The van der Waals surface area contributed by atoms with Crippen LogP contribution in [-0.4, -0.2) is 37.1 Å². The molecule has 1 rings (SSSR count). The molecule has 1 saturated carbocycles. The molecule has 2 nitrogen and oxygen atoms in total. The first-order valence-electron chi connectivity index (χ1n) is 6.55. The van der Waals surface area contributed by atoms with E-state index in [4.69, 9.17) is 0 Å². The zero-order valence-corrected chi connectivity index (χ0v) is 10.9. The highest BCUT2D eigenvalue weighted by Gasteiger charge is 2.15. The summed E-state index contributed by atoms with van der Waals surface area (Å²) < 4.78 is 0. The molecule has 1 N–H and O–H groups in total. The van der Waals surface area contributed by atoms with Gasteiger partial charge in [0.1, 0.15) is 0 Å². The van der Waals surface area contributed by atoms with Crippen molar-refractivity contribution in [2.45, 2.75) is 58.5 Å². The van der Waals surface area contributed by atoms with Crippen molar-refractivity contribution >= 4 is 0 Å². The summed E-state index contributed by atoms with van der Waals surface area (Å²) in [6.45, 7) is 9.24. The summed E-state index contributed by atoms with van der Waals surface area (Å²) >= 11 is 0. The zero-order chi connectivity index (χ0) is 11.3. The molecule has 0 aliphatic heterocycles. The van der Waals surface area contributed by atoms with Gasteiger partial charge in [-0.1, -0.05) is 26.7 Å². The van der Waals surface area contributed by atoms with Crippen LogP contribution in [-0.2, 0) is 0 Å². The summed E-state index contributed by atoms with van der Waals surface area (Å²) in [5.74, 6) is 0.751. The third-order valence-corrected chi connectivity index (χ3v) is 3.91. The maximum Gasteiger partial charge on any atom is 0.0107 e. The molecule has 1 fully saturated rings. The molecule has 0 saturated heterocycles. The second-order valence-corrected chi connectivity index (χ2v) is 5.40. The van der Waals surface area contributed by atoms with Crippen molar-refractivity contribution in [3.63, 3.8) is 0 Å². The Morgan fingerprint density at radius 2 is 1.80 bits per heavy atom. The van der Waals surface area contributed by atoms with Gasteiger partial charge in [-0.2, -0.15) is 0 Å². The molecule has 0 bridgehead atoms. The molecule has 2 heteroatoms. The SMILES string of the molecule is CC(C)C(C)N(C)CCNC1CCCC1. The summed E-state index contributed by atoms with van der Waals surface area (Å²) in [5, 5.41) is 3.66. The third kappa shape index (κ3) is 4.52. The molecule has 1 atom stereocenters. The van der Waals surface area contributed by atoms with Crippen LogP contribution in [0.2, 0.25) is 0 Å². The van der Waals surface area contributed by atoms with Gasteiger partial charge in [0.05, 0.1) is 0 Å². The van der Waals surface area contributed by atoms with Crippen molar-refractivity contribution < 1.29 is 0 Å². The lowest BCUT2D eigenvalue weighted by Gasteiger charge is -2.28. The van der Waals surface area contributed by atoms with Crippen LogP contribution in [0.15, 0.2) is 0 Å². The molecule has 15 heavy (non-hydrogen) atoms. The summed E-state index contributed by atoms with van der Waals surface area (Å²) in [6.07, 6.45) is 5.64. The fourth-order valence-corrected chi connectivity index (χ4v) is 2.29. The van der Waals surface area contributed by atoms with Crippen LogP contribution >= 0.6 is 0 Å². The summed E-state index contributed by atoms with van der Waals surface area (Å²) in [4.78, 5) is 2.46. The second-order valence-electron chi connectivity index (χ2n) is 5.40. The first-order chi connectivity index (χ1) is 7.11. The summed E-state index contributed by atoms with van der Waals surface area (Å²) in [6, 6.07) is 1.50. The number of nitrogens with one attached hydrogen (secondary N) is 1. The van der Waals surface area contributed by atoms with Gasteiger partial charge in [0.25, 0.3) is 0 Å². The average molecular weight is 212 g/mol. The van der Waals surface area contributed by atoms with E-state index in [-0.39, 0.29) is 0 Å². The van der Waals surface area contributed by atoms with Gasteiger partial charge in [-0.05, 0) is 32.7 Å². The average Bonchev–Trinajstić information content (AvgIpc) is 2.69. The van der Waals surface area contributed by atoms with E-state index in [1.54, 1.807) is 0 Å². The van der Waals surface area contributed by atoms with Crippen molar-refractivity contribution in [1.29, 1.82) is 0 Å². The van der Waals surface area contributed by atoms with Crippen molar-refractivity contribution in [3.8, 4) is 0 Å². The zero-order valence-electron chi connectivity index (χ0n) is 10.9. The minimum atomic E-state index is 0.690. The van der Waals surface area contributed by atoms with E-state index in [0.29, 0.717) is 6.04 Å². The normalized spacial score (nSPS) is 20.4. The highest BCUT2D eigenvalue weighted by molar-refractivity contribution is 4.75. The van der Waals surface area contributed by atoms with E-state index in [0.717, 1.165) is 18.5 Å². The number of hydrogen-bond donors (Lipinski definition) is 1. The Morgan fingerprint density at radius 3 is 2.33 bits per heavy atom. The van der Waals surface area contributed by atoms with Crippen molar-refractivity contribution in [3.05, 3.63) is 0 Å². The Balaban J connectivity index is 2.08. The molecule has 1 aliphatic carbocycles. The van der Waals surface area contributed by atoms with Gasteiger partial charge in [-0.25, -0.2) is 0 Å². The van der Waals surface area contributed by atoms with Gasteiger partial charge in [0, 0.05) is 25.2 Å². The molecular formula is C13H28N2. The lowest BCUT2D eigenvalue weighted by Crippen LogP contribution is -2.40. The fourth-order valence-electron chi connectivity index (χ4n) is 2.29. The van der Waals surface area contributed by atoms with Crippen molar-refractivity contribution in [2.24, 2.45) is 5.92 Å². The summed E-state index contributed by atoms with van der Waals surface area (Å²) in [5.41, 5.74) is 0. The van der Waals surface area contributed by atoms with Gasteiger partial charge >= 0.3 is 0 Å². The minimum Gasteiger partial charge on any atom is -0.313 e. The molecule has 0 amide bonds. The quantitative estimate of drug-likeness (QED) is 0.728. The van der Waals surface area contributed by atoms with Crippen LogP contribution in [0.4, 0.5) is 0 Å². The maximum absolute atomic E-state index is 3.66. The molecule has 0 spiro atoms. The Kier molecular flexibility index (Phi) is 5.62. The molecule has 0 heterocycles. The van der Waals surface area contributed by atoms with Crippen LogP contribution in [0.5, 0.6) is 0 Å². The molecule has 0 aromatic carbocycles. The third-order valence-electron chi connectivity index (χ3n) is 3.91. The van der Waals surface area contributed by atoms with Crippen LogP contribution in [0, 0.1) is 5.92 Å². The van der Waals surface area contributed by atoms with E-state index in [1.807, 2.05) is 0 Å². The minimum absolute atomic E-state index is 0.690. The van der Waals surface area contributed by atoms with Crippen LogP contribution < -0.4 is 5.32 Å². The molecular weight excluding hydrogens is 184 g/mol. The molecule has 0 aromatic rings. The van der Waals surface area contributed by atoms with Gasteiger partial charge in [0.15, 0.2) is 0 Å². The largest absolute Gasteiger partial charge is 0.313 e. The Hall–Kier alpha value is -0.0800. The van der Waals surface area contributed by atoms with Gasteiger partial charge in [-0.3, -0.25) is 0 Å². The van der Waals surface area contributed by atoms with Gasteiger partial charge in [-0.15, -0.1) is 0 Å². The molecule has 0 radical (unpaired) electrons. The number of nitrogens with zero attached hydrogens (tertiary/aromatic N) is 1.